The number of carbonyl (C=O) groups excluding carboxylic acids is 1. The summed E-state index contributed by atoms with van der Waals surface area (Å²) in [7, 11) is 0. The highest BCUT2D eigenvalue weighted by Crippen LogP contribution is 2.33. The van der Waals surface area contributed by atoms with Crippen LogP contribution in [0.5, 0.6) is 0 Å². The average molecular weight is 1190 g/mol. The fourth-order valence-electron chi connectivity index (χ4n) is 11.9. The van der Waals surface area contributed by atoms with Crippen LogP contribution in [-0.4, -0.2) is 193 Å². The summed E-state index contributed by atoms with van der Waals surface area (Å²) in [6, 6.07) is -0.879. The molecule has 19 nitrogen and oxygen atoms in total. The largest absolute Gasteiger partial charge is 0.394 e. The van der Waals surface area contributed by atoms with Gasteiger partial charge in [0.1, 0.15) is 73.2 Å². The Balaban J connectivity index is 1.36. The molecule has 17 atom stereocenters. The molecular weight excluding hydrogens is 1070 g/mol. The summed E-state index contributed by atoms with van der Waals surface area (Å²) in [6.07, 6.45) is 22.2. The molecule has 0 aromatic rings. The number of aliphatic hydroxyl groups excluding tert-OH is 11. The summed E-state index contributed by atoms with van der Waals surface area (Å²) in [6.45, 7) is 1.80. The van der Waals surface area contributed by atoms with Crippen molar-refractivity contribution in [3.8, 4) is 0 Å². The molecule has 0 spiro atoms. The predicted octanol–water partition coefficient (Wildman–Crippen LogP) is 7.94. The van der Waals surface area contributed by atoms with Gasteiger partial charge in [-0.25, -0.2) is 0 Å². The van der Waals surface area contributed by atoms with Crippen LogP contribution < -0.4 is 5.32 Å². The zero-order valence-electron chi connectivity index (χ0n) is 51.7. The Hall–Kier alpha value is -1.21. The second kappa shape index (κ2) is 47.7. The fourth-order valence-corrected chi connectivity index (χ4v) is 11.9. The van der Waals surface area contributed by atoms with E-state index >= 15 is 0 Å². The Bertz CT molecular complexity index is 1520. The Morgan fingerprint density at radius 2 is 0.687 bits per heavy atom. The van der Waals surface area contributed by atoms with Crippen molar-refractivity contribution in [2.45, 2.75) is 375 Å². The molecule has 3 aliphatic rings. The molecule has 0 radical (unpaired) electrons. The first-order valence-electron chi connectivity index (χ1n) is 33.8. The zero-order valence-corrected chi connectivity index (χ0v) is 51.7. The standard InChI is InChI=1S/C64H123NO18/c1-3-5-7-9-11-13-15-16-17-18-19-20-21-22-23-24-25-26-27-28-29-30-31-32-34-36-38-40-42-52(70)65-47(48(69)41-39-37-35-33-14-12-10-8-6-4-2)46-78-62-58(76)55(73)60(50(44-67)80-62)83-64-59(77)56(74)61(51(45-68)81-64)82-63-57(75)54(72)53(71)49(43-66)79-63/h47-51,53-64,66-69,71-77H,3-46H2,1-2H3,(H,65,70). The molecule has 0 bridgehead atoms. The van der Waals surface area contributed by atoms with E-state index in [-0.39, 0.29) is 18.9 Å². The number of carbonyl (C=O) groups is 1. The van der Waals surface area contributed by atoms with Crippen molar-refractivity contribution in [1.82, 2.24) is 5.32 Å². The van der Waals surface area contributed by atoms with E-state index in [2.05, 4.69) is 19.2 Å². The van der Waals surface area contributed by atoms with Crippen LogP contribution in [-0.2, 0) is 33.2 Å². The van der Waals surface area contributed by atoms with E-state index < -0.39 is 124 Å². The summed E-state index contributed by atoms with van der Waals surface area (Å²) >= 11 is 0. The maximum atomic E-state index is 13.4. The SMILES string of the molecule is CCCCCCCCCCCCCCCCCCCCCCCCCCCCCCC(=O)NC(COC1OC(CO)C(OC2OC(CO)C(OC3OC(CO)C(O)C(O)C3O)C(O)C2O)C(O)C1O)C(O)CCCCCCCCCCCC. The Labute approximate surface area is 500 Å². The summed E-state index contributed by atoms with van der Waals surface area (Å²) < 4.78 is 34.3. The van der Waals surface area contributed by atoms with Crippen molar-refractivity contribution in [1.29, 1.82) is 0 Å². The van der Waals surface area contributed by atoms with Crippen LogP contribution in [0.2, 0.25) is 0 Å². The van der Waals surface area contributed by atoms with Gasteiger partial charge in [0.05, 0.1) is 38.6 Å². The van der Waals surface area contributed by atoms with Crippen LogP contribution in [0.1, 0.15) is 271 Å². The Morgan fingerprint density at radius 1 is 0.386 bits per heavy atom. The van der Waals surface area contributed by atoms with Gasteiger partial charge in [0, 0.05) is 6.42 Å². The first kappa shape index (κ1) is 76.0. The maximum Gasteiger partial charge on any atom is 0.220 e. The smallest absolute Gasteiger partial charge is 0.220 e. The number of ether oxygens (including phenoxy) is 6. The minimum Gasteiger partial charge on any atom is -0.394 e. The lowest BCUT2D eigenvalue weighted by Gasteiger charge is -2.48. The molecule has 12 N–H and O–H groups in total. The summed E-state index contributed by atoms with van der Waals surface area (Å²) in [5.74, 6) is -0.238. The van der Waals surface area contributed by atoms with Crippen molar-refractivity contribution < 1.29 is 89.4 Å². The van der Waals surface area contributed by atoms with Crippen LogP contribution in [0.4, 0.5) is 0 Å². The van der Waals surface area contributed by atoms with Crippen molar-refractivity contribution in [3.63, 3.8) is 0 Å². The summed E-state index contributed by atoms with van der Waals surface area (Å²) in [4.78, 5) is 13.4. The van der Waals surface area contributed by atoms with Crippen LogP contribution in [0.3, 0.4) is 0 Å². The van der Waals surface area contributed by atoms with Crippen LogP contribution in [0.15, 0.2) is 0 Å². The molecule has 19 heteroatoms. The molecule has 3 fully saturated rings. The molecule has 0 aromatic heterocycles. The first-order chi connectivity index (χ1) is 40.3. The molecular formula is C64H123NO18. The molecule has 17 unspecified atom stereocenters. The van der Waals surface area contributed by atoms with Gasteiger partial charge in [0.15, 0.2) is 18.9 Å². The van der Waals surface area contributed by atoms with Gasteiger partial charge in [-0.2, -0.15) is 0 Å². The second-order valence-corrected chi connectivity index (χ2v) is 24.7. The van der Waals surface area contributed by atoms with Gasteiger partial charge in [0.25, 0.3) is 0 Å². The lowest BCUT2D eigenvalue weighted by Crippen LogP contribution is -2.66. The first-order valence-corrected chi connectivity index (χ1v) is 33.8. The van der Waals surface area contributed by atoms with Crippen molar-refractivity contribution >= 4 is 5.91 Å². The molecule has 1 amide bonds. The van der Waals surface area contributed by atoms with Crippen molar-refractivity contribution in [2.24, 2.45) is 0 Å². The quantitative estimate of drug-likeness (QED) is 0.0257. The molecule has 0 aromatic carbocycles. The third-order valence-corrected chi connectivity index (χ3v) is 17.4. The van der Waals surface area contributed by atoms with Gasteiger partial charge >= 0.3 is 0 Å². The summed E-state index contributed by atoms with van der Waals surface area (Å²) in [5, 5.41) is 120. The van der Waals surface area contributed by atoms with Gasteiger partial charge in [-0.1, -0.05) is 251 Å². The number of nitrogens with one attached hydrogen (secondary N) is 1. The molecule has 0 saturated carbocycles. The van der Waals surface area contributed by atoms with Gasteiger partial charge in [0.2, 0.25) is 5.91 Å². The minimum atomic E-state index is -1.97. The molecule has 3 rings (SSSR count). The number of aliphatic hydroxyl groups is 11. The van der Waals surface area contributed by atoms with E-state index in [1.165, 1.54) is 193 Å². The van der Waals surface area contributed by atoms with E-state index in [9.17, 15) is 61.0 Å². The van der Waals surface area contributed by atoms with Gasteiger partial charge in [-0.15, -0.1) is 0 Å². The van der Waals surface area contributed by atoms with Gasteiger partial charge < -0.3 is 89.9 Å². The molecule has 3 saturated heterocycles. The highest BCUT2D eigenvalue weighted by atomic mass is 16.8. The lowest BCUT2D eigenvalue weighted by atomic mass is 9.96. The molecule has 83 heavy (non-hydrogen) atoms. The van der Waals surface area contributed by atoms with Crippen molar-refractivity contribution in [2.75, 3.05) is 26.4 Å². The lowest BCUT2D eigenvalue weighted by molar-refractivity contribution is -0.379. The monoisotopic (exact) mass is 1190 g/mol. The van der Waals surface area contributed by atoms with E-state index in [0.29, 0.717) is 12.8 Å². The number of hydrogen-bond acceptors (Lipinski definition) is 18. The van der Waals surface area contributed by atoms with Crippen LogP contribution in [0, 0.1) is 0 Å². The third kappa shape index (κ3) is 30.7. The van der Waals surface area contributed by atoms with E-state index in [1.54, 1.807) is 0 Å². The fraction of sp³-hybridized carbons (Fsp3) is 0.984. The Morgan fingerprint density at radius 3 is 1.05 bits per heavy atom. The maximum absolute atomic E-state index is 13.4. The topological polar surface area (TPSA) is 307 Å². The highest BCUT2D eigenvalue weighted by Gasteiger charge is 2.53. The number of amides is 1. The van der Waals surface area contributed by atoms with Crippen molar-refractivity contribution in [3.05, 3.63) is 0 Å². The third-order valence-electron chi connectivity index (χ3n) is 17.4. The van der Waals surface area contributed by atoms with Gasteiger partial charge in [-0.3, -0.25) is 4.79 Å². The van der Waals surface area contributed by atoms with E-state index in [0.717, 1.165) is 44.9 Å². The average Bonchev–Trinajstić information content (AvgIpc) is 3.65. The molecule has 3 heterocycles. The number of hydrogen-bond donors (Lipinski definition) is 12. The van der Waals surface area contributed by atoms with Crippen LogP contribution >= 0.6 is 0 Å². The molecule has 3 aliphatic heterocycles. The highest BCUT2D eigenvalue weighted by molar-refractivity contribution is 5.76. The normalized spacial score (nSPS) is 29.3. The molecule has 0 aliphatic carbocycles. The Kier molecular flexibility index (Phi) is 43.7. The number of rotatable bonds is 52. The predicted molar refractivity (Wildman–Crippen MR) is 319 cm³/mol. The molecule has 492 valence electrons. The van der Waals surface area contributed by atoms with Crippen LogP contribution in [0.25, 0.3) is 0 Å². The second-order valence-electron chi connectivity index (χ2n) is 24.7. The van der Waals surface area contributed by atoms with Gasteiger partial charge in [-0.05, 0) is 12.8 Å². The minimum absolute atomic E-state index is 0.238. The van der Waals surface area contributed by atoms with E-state index in [4.69, 9.17) is 28.4 Å². The van der Waals surface area contributed by atoms with E-state index in [1.807, 2.05) is 0 Å². The zero-order chi connectivity index (χ0) is 60.5. The number of unbranched alkanes of at least 4 members (excludes halogenated alkanes) is 36. The summed E-state index contributed by atoms with van der Waals surface area (Å²) in [5.41, 5.74) is 0.